The maximum atomic E-state index is 12.7. The Balaban J connectivity index is 1.75. The number of nitro groups is 1. The SMILES string of the molecule is CN(C)C(=O)NC(Cc1ccccc1)c1nnc(SCc2ccccc2)n1-c1ccc([N+](=O)[O-])cc1. The lowest BCUT2D eigenvalue weighted by Crippen LogP contribution is -2.39. The van der Waals surface area contributed by atoms with Gasteiger partial charge in [-0.15, -0.1) is 10.2 Å². The molecule has 4 rings (SSSR count). The van der Waals surface area contributed by atoms with Crippen LogP contribution in [0.15, 0.2) is 90.1 Å². The average Bonchev–Trinajstić information content (AvgIpc) is 3.32. The van der Waals surface area contributed by atoms with E-state index >= 15 is 0 Å². The van der Waals surface area contributed by atoms with Crippen LogP contribution in [0.25, 0.3) is 5.69 Å². The van der Waals surface area contributed by atoms with Gasteiger partial charge in [-0.2, -0.15) is 0 Å². The molecule has 0 saturated heterocycles. The van der Waals surface area contributed by atoms with Crippen LogP contribution in [-0.4, -0.2) is 44.7 Å². The molecule has 0 bridgehead atoms. The normalized spacial score (nSPS) is 11.6. The number of hydrogen-bond acceptors (Lipinski definition) is 6. The largest absolute Gasteiger partial charge is 0.331 e. The Morgan fingerprint density at radius 2 is 1.58 bits per heavy atom. The lowest BCUT2D eigenvalue weighted by molar-refractivity contribution is -0.384. The molecular weight excluding hydrogens is 476 g/mol. The fourth-order valence-corrected chi connectivity index (χ4v) is 4.54. The summed E-state index contributed by atoms with van der Waals surface area (Å²) in [5.74, 6) is 1.21. The molecule has 0 saturated carbocycles. The van der Waals surface area contributed by atoms with Gasteiger partial charge in [0.15, 0.2) is 11.0 Å². The number of carbonyl (C=O) groups excluding carboxylic acids is 1. The summed E-state index contributed by atoms with van der Waals surface area (Å²) < 4.78 is 1.86. The van der Waals surface area contributed by atoms with Crippen molar-refractivity contribution in [1.82, 2.24) is 25.0 Å². The van der Waals surface area contributed by atoms with Crippen molar-refractivity contribution in [3.05, 3.63) is 112 Å². The molecule has 184 valence electrons. The lowest BCUT2D eigenvalue weighted by atomic mass is 10.1. The molecule has 0 radical (unpaired) electrons. The molecule has 1 N–H and O–H groups in total. The fraction of sp³-hybridized carbons (Fsp3) is 0.192. The van der Waals surface area contributed by atoms with Gasteiger partial charge < -0.3 is 10.2 Å². The molecule has 1 aromatic heterocycles. The number of urea groups is 1. The molecule has 4 aromatic rings. The smallest absolute Gasteiger partial charge is 0.317 e. The molecule has 0 aliphatic heterocycles. The van der Waals surface area contributed by atoms with Crippen molar-refractivity contribution < 1.29 is 9.72 Å². The van der Waals surface area contributed by atoms with Crippen molar-refractivity contribution in [1.29, 1.82) is 0 Å². The third-order valence-corrected chi connectivity index (χ3v) is 6.49. The fourth-order valence-electron chi connectivity index (χ4n) is 3.62. The second-order valence-electron chi connectivity index (χ2n) is 8.31. The highest BCUT2D eigenvalue weighted by Gasteiger charge is 2.25. The molecule has 10 heteroatoms. The first-order chi connectivity index (χ1) is 17.4. The van der Waals surface area contributed by atoms with E-state index in [-0.39, 0.29) is 11.7 Å². The highest BCUT2D eigenvalue weighted by Crippen LogP contribution is 2.30. The van der Waals surface area contributed by atoms with E-state index in [0.29, 0.717) is 28.8 Å². The van der Waals surface area contributed by atoms with Gasteiger partial charge in [0.25, 0.3) is 5.69 Å². The number of nitro benzene ring substituents is 1. The Bertz CT molecular complexity index is 1310. The first-order valence-electron chi connectivity index (χ1n) is 11.3. The maximum Gasteiger partial charge on any atom is 0.317 e. The minimum atomic E-state index is -0.490. The predicted molar refractivity (Wildman–Crippen MR) is 139 cm³/mol. The molecule has 1 heterocycles. The Kier molecular flexibility index (Phi) is 7.96. The monoisotopic (exact) mass is 502 g/mol. The van der Waals surface area contributed by atoms with Crippen LogP contribution in [0.4, 0.5) is 10.5 Å². The summed E-state index contributed by atoms with van der Waals surface area (Å²) in [6.45, 7) is 0. The van der Waals surface area contributed by atoms with Gasteiger partial charge in [-0.25, -0.2) is 4.79 Å². The standard InChI is InChI=1S/C26H26N6O3S/c1-30(2)25(33)27-23(17-19-9-5-3-6-10-19)24-28-29-26(36-18-20-11-7-4-8-12-20)31(24)21-13-15-22(16-14-21)32(34)35/h3-16,23H,17-18H2,1-2H3,(H,27,33). The second kappa shape index (κ2) is 11.5. The first-order valence-corrected chi connectivity index (χ1v) is 12.3. The number of nitrogens with one attached hydrogen (secondary N) is 1. The van der Waals surface area contributed by atoms with Gasteiger partial charge in [-0.1, -0.05) is 72.4 Å². The summed E-state index contributed by atoms with van der Waals surface area (Å²) in [6, 6.07) is 25.3. The molecule has 1 unspecified atom stereocenters. The summed E-state index contributed by atoms with van der Waals surface area (Å²) in [7, 11) is 3.36. The van der Waals surface area contributed by atoms with E-state index in [0.717, 1.165) is 11.1 Å². The molecule has 0 aliphatic rings. The van der Waals surface area contributed by atoms with E-state index in [1.165, 1.54) is 28.8 Å². The molecule has 0 spiro atoms. The Morgan fingerprint density at radius 3 is 2.17 bits per heavy atom. The predicted octanol–water partition coefficient (Wildman–Crippen LogP) is 5.02. The minimum absolute atomic E-state index is 0.00592. The summed E-state index contributed by atoms with van der Waals surface area (Å²) in [5, 5.41) is 23.8. The molecule has 0 aliphatic carbocycles. The van der Waals surface area contributed by atoms with Gasteiger partial charge in [0.2, 0.25) is 0 Å². The number of carbonyl (C=O) groups is 1. The first kappa shape index (κ1) is 24.9. The number of non-ortho nitro benzene ring substituents is 1. The van der Waals surface area contributed by atoms with Crippen LogP contribution in [-0.2, 0) is 12.2 Å². The quantitative estimate of drug-likeness (QED) is 0.196. The van der Waals surface area contributed by atoms with Gasteiger partial charge in [-0.05, 0) is 23.3 Å². The number of hydrogen-bond donors (Lipinski definition) is 1. The van der Waals surface area contributed by atoms with E-state index in [9.17, 15) is 14.9 Å². The summed E-state index contributed by atoms with van der Waals surface area (Å²) in [4.78, 5) is 24.9. The van der Waals surface area contributed by atoms with Crippen molar-refractivity contribution in [3.63, 3.8) is 0 Å². The van der Waals surface area contributed by atoms with E-state index in [1.54, 1.807) is 26.2 Å². The van der Waals surface area contributed by atoms with E-state index in [4.69, 9.17) is 0 Å². The van der Waals surface area contributed by atoms with E-state index in [1.807, 2.05) is 65.2 Å². The summed E-state index contributed by atoms with van der Waals surface area (Å²) in [5.41, 5.74) is 2.82. The zero-order chi connectivity index (χ0) is 25.5. The molecule has 3 aromatic carbocycles. The van der Waals surface area contributed by atoms with E-state index in [2.05, 4.69) is 15.5 Å². The molecule has 36 heavy (non-hydrogen) atoms. The second-order valence-corrected chi connectivity index (χ2v) is 9.25. The van der Waals surface area contributed by atoms with Gasteiger partial charge in [0.05, 0.1) is 11.0 Å². The Hall–Kier alpha value is -4.18. The topological polar surface area (TPSA) is 106 Å². The zero-order valence-electron chi connectivity index (χ0n) is 19.9. The average molecular weight is 503 g/mol. The highest BCUT2D eigenvalue weighted by molar-refractivity contribution is 7.98. The molecule has 1 atom stereocenters. The lowest BCUT2D eigenvalue weighted by Gasteiger charge is -2.22. The third kappa shape index (κ3) is 6.08. The maximum absolute atomic E-state index is 12.7. The Morgan fingerprint density at radius 1 is 0.972 bits per heavy atom. The number of nitrogens with zero attached hydrogens (tertiary/aromatic N) is 5. The van der Waals surface area contributed by atoms with Gasteiger partial charge in [-0.3, -0.25) is 14.7 Å². The van der Waals surface area contributed by atoms with Crippen molar-refractivity contribution in [2.75, 3.05) is 14.1 Å². The third-order valence-electron chi connectivity index (χ3n) is 5.49. The molecular formula is C26H26N6O3S. The van der Waals surface area contributed by atoms with Crippen molar-refractivity contribution in [2.45, 2.75) is 23.4 Å². The number of aromatic nitrogens is 3. The van der Waals surface area contributed by atoms with E-state index < -0.39 is 11.0 Å². The Labute approximate surface area is 213 Å². The zero-order valence-corrected chi connectivity index (χ0v) is 20.8. The molecule has 0 fully saturated rings. The van der Waals surface area contributed by atoms with Gasteiger partial charge in [0.1, 0.15) is 0 Å². The highest BCUT2D eigenvalue weighted by atomic mass is 32.2. The minimum Gasteiger partial charge on any atom is -0.331 e. The molecule has 2 amide bonds. The van der Waals surface area contributed by atoms with Crippen molar-refractivity contribution >= 4 is 23.5 Å². The number of thioether (sulfide) groups is 1. The van der Waals surface area contributed by atoms with Crippen LogP contribution >= 0.6 is 11.8 Å². The van der Waals surface area contributed by atoms with Crippen molar-refractivity contribution in [2.24, 2.45) is 0 Å². The van der Waals surface area contributed by atoms with Crippen LogP contribution in [0.3, 0.4) is 0 Å². The van der Waals surface area contributed by atoms with Gasteiger partial charge >= 0.3 is 6.03 Å². The van der Waals surface area contributed by atoms with Crippen LogP contribution < -0.4 is 5.32 Å². The number of rotatable bonds is 9. The van der Waals surface area contributed by atoms with Crippen LogP contribution in [0.2, 0.25) is 0 Å². The number of amides is 2. The van der Waals surface area contributed by atoms with Crippen LogP contribution in [0, 0.1) is 10.1 Å². The summed E-state index contributed by atoms with van der Waals surface area (Å²) >= 11 is 1.51. The van der Waals surface area contributed by atoms with Gasteiger partial charge in [0, 0.05) is 44.1 Å². The van der Waals surface area contributed by atoms with Crippen LogP contribution in [0.1, 0.15) is 23.0 Å². The van der Waals surface area contributed by atoms with Crippen LogP contribution in [0.5, 0.6) is 0 Å². The van der Waals surface area contributed by atoms with Crippen molar-refractivity contribution in [3.8, 4) is 5.69 Å². The molecule has 9 nitrogen and oxygen atoms in total. The number of benzene rings is 3. The summed E-state index contributed by atoms with van der Waals surface area (Å²) in [6.07, 6.45) is 0.495.